The summed E-state index contributed by atoms with van der Waals surface area (Å²) in [5.41, 5.74) is 7.24. The van der Waals surface area contributed by atoms with Gasteiger partial charge in [0.1, 0.15) is 11.6 Å². The lowest BCUT2D eigenvalue weighted by Gasteiger charge is -2.22. The van der Waals surface area contributed by atoms with Crippen LogP contribution in [0, 0.1) is 0 Å². The quantitative estimate of drug-likeness (QED) is 0.759. The van der Waals surface area contributed by atoms with Crippen molar-refractivity contribution in [3.05, 3.63) is 18.0 Å². The standard InChI is InChI=1S/C13H19N5O/c14-11-2-1-10-13(17-11)18-12(16-10)5-8-19-9-3-6-15-7-4-9/h1-2,9,15H,3-8H2,(H3,14,16,17,18). The van der Waals surface area contributed by atoms with Crippen LogP contribution in [-0.2, 0) is 11.2 Å². The summed E-state index contributed by atoms with van der Waals surface area (Å²) in [4.78, 5) is 11.8. The zero-order valence-electron chi connectivity index (χ0n) is 10.9. The second-order valence-electron chi connectivity index (χ2n) is 4.86. The Kier molecular flexibility index (Phi) is 3.61. The molecule has 1 aliphatic rings. The number of pyridine rings is 1. The summed E-state index contributed by atoms with van der Waals surface area (Å²) in [6.45, 7) is 2.80. The van der Waals surface area contributed by atoms with Crippen molar-refractivity contribution < 1.29 is 4.74 Å². The molecule has 2 aromatic heterocycles. The van der Waals surface area contributed by atoms with Gasteiger partial charge in [-0.25, -0.2) is 9.97 Å². The summed E-state index contributed by atoms with van der Waals surface area (Å²) in [5, 5.41) is 3.33. The van der Waals surface area contributed by atoms with Crippen LogP contribution < -0.4 is 11.1 Å². The molecule has 1 aliphatic heterocycles. The zero-order chi connectivity index (χ0) is 13.1. The van der Waals surface area contributed by atoms with Gasteiger partial charge in [0.25, 0.3) is 0 Å². The molecule has 3 rings (SSSR count). The van der Waals surface area contributed by atoms with Crippen LogP contribution in [0.5, 0.6) is 0 Å². The molecule has 0 bridgehead atoms. The third-order valence-corrected chi connectivity index (χ3v) is 3.40. The molecule has 0 amide bonds. The Bertz CT molecular complexity index is 547. The van der Waals surface area contributed by atoms with E-state index in [1.165, 1.54) is 0 Å². The SMILES string of the molecule is Nc1ccc2[nH]c(CCOC3CCNCC3)nc2n1. The van der Waals surface area contributed by atoms with Crippen molar-refractivity contribution in [1.29, 1.82) is 0 Å². The van der Waals surface area contributed by atoms with E-state index in [2.05, 4.69) is 20.3 Å². The lowest BCUT2D eigenvalue weighted by atomic mass is 10.1. The molecule has 0 aromatic carbocycles. The highest BCUT2D eigenvalue weighted by atomic mass is 16.5. The van der Waals surface area contributed by atoms with Crippen molar-refractivity contribution in [2.75, 3.05) is 25.4 Å². The number of nitrogens with one attached hydrogen (secondary N) is 2. The van der Waals surface area contributed by atoms with Crippen LogP contribution in [0.25, 0.3) is 11.2 Å². The normalized spacial score (nSPS) is 17.1. The fourth-order valence-corrected chi connectivity index (χ4v) is 2.36. The highest BCUT2D eigenvalue weighted by Crippen LogP contribution is 2.12. The second-order valence-corrected chi connectivity index (χ2v) is 4.86. The molecule has 4 N–H and O–H groups in total. The number of nitrogens with zero attached hydrogens (tertiary/aromatic N) is 2. The highest BCUT2D eigenvalue weighted by molar-refractivity contribution is 5.72. The van der Waals surface area contributed by atoms with E-state index in [4.69, 9.17) is 10.5 Å². The number of H-pyrrole nitrogens is 1. The predicted octanol–water partition coefficient (Wildman–Crippen LogP) is 0.851. The summed E-state index contributed by atoms with van der Waals surface area (Å²) in [7, 11) is 0. The van der Waals surface area contributed by atoms with Crippen LogP contribution in [0.4, 0.5) is 5.82 Å². The molecule has 1 fully saturated rings. The molecule has 0 radical (unpaired) electrons. The third-order valence-electron chi connectivity index (χ3n) is 3.40. The highest BCUT2D eigenvalue weighted by Gasteiger charge is 2.13. The molecule has 2 aromatic rings. The molecule has 0 unspecified atom stereocenters. The molecule has 0 atom stereocenters. The number of rotatable bonds is 4. The van der Waals surface area contributed by atoms with Gasteiger partial charge in [0.2, 0.25) is 0 Å². The molecule has 0 spiro atoms. The second kappa shape index (κ2) is 5.54. The Morgan fingerprint density at radius 3 is 2.95 bits per heavy atom. The average Bonchev–Trinajstić information content (AvgIpc) is 2.82. The molecule has 6 heteroatoms. The van der Waals surface area contributed by atoms with Crippen LogP contribution in [0.2, 0.25) is 0 Å². The van der Waals surface area contributed by atoms with Gasteiger partial charge < -0.3 is 20.8 Å². The number of piperidine rings is 1. The minimum atomic E-state index is 0.388. The van der Waals surface area contributed by atoms with Gasteiger partial charge in [0.05, 0.1) is 18.2 Å². The fraction of sp³-hybridized carbons (Fsp3) is 0.538. The molecule has 0 saturated carbocycles. The zero-order valence-corrected chi connectivity index (χ0v) is 10.9. The molecular weight excluding hydrogens is 242 g/mol. The number of anilines is 1. The van der Waals surface area contributed by atoms with Gasteiger partial charge in [-0.3, -0.25) is 0 Å². The topological polar surface area (TPSA) is 88.9 Å². The Labute approximate surface area is 111 Å². The smallest absolute Gasteiger partial charge is 0.179 e. The molecule has 1 saturated heterocycles. The first-order valence-electron chi connectivity index (χ1n) is 6.75. The Morgan fingerprint density at radius 2 is 2.11 bits per heavy atom. The van der Waals surface area contributed by atoms with Gasteiger partial charge in [-0.1, -0.05) is 0 Å². The fourth-order valence-electron chi connectivity index (χ4n) is 2.36. The summed E-state index contributed by atoms with van der Waals surface area (Å²) in [5.74, 6) is 1.40. The lowest BCUT2D eigenvalue weighted by Crippen LogP contribution is -2.32. The van der Waals surface area contributed by atoms with E-state index in [0.29, 0.717) is 24.2 Å². The largest absolute Gasteiger partial charge is 0.384 e. The van der Waals surface area contributed by atoms with Gasteiger partial charge in [0, 0.05) is 6.42 Å². The predicted molar refractivity (Wildman–Crippen MR) is 73.8 cm³/mol. The van der Waals surface area contributed by atoms with Crippen molar-refractivity contribution in [2.24, 2.45) is 0 Å². The summed E-state index contributed by atoms with van der Waals surface area (Å²) in [6.07, 6.45) is 3.36. The Morgan fingerprint density at radius 1 is 1.26 bits per heavy atom. The van der Waals surface area contributed by atoms with E-state index >= 15 is 0 Å². The van der Waals surface area contributed by atoms with Crippen molar-refractivity contribution in [3.63, 3.8) is 0 Å². The van der Waals surface area contributed by atoms with Crippen LogP contribution in [-0.4, -0.2) is 40.8 Å². The summed E-state index contributed by atoms with van der Waals surface area (Å²) in [6, 6.07) is 3.68. The van der Waals surface area contributed by atoms with Crippen LogP contribution in [0.1, 0.15) is 18.7 Å². The van der Waals surface area contributed by atoms with E-state index in [-0.39, 0.29) is 0 Å². The van der Waals surface area contributed by atoms with E-state index in [1.807, 2.05) is 6.07 Å². The maximum atomic E-state index is 5.86. The van der Waals surface area contributed by atoms with Crippen molar-refractivity contribution in [1.82, 2.24) is 20.3 Å². The first-order valence-corrected chi connectivity index (χ1v) is 6.75. The lowest BCUT2D eigenvalue weighted by molar-refractivity contribution is 0.0343. The van der Waals surface area contributed by atoms with Gasteiger partial charge in [-0.2, -0.15) is 0 Å². The number of hydrogen-bond acceptors (Lipinski definition) is 5. The van der Waals surface area contributed by atoms with Gasteiger partial charge in [-0.15, -0.1) is 0 Å². The van der Waals surface area contributed by atoms with Crippen molar-refractivity contribution >= 4 is 17.0 Å². The first kappa shape index (κ1) is 12.4. The molecule has 0 aliphatic carbocycles. The first-order chi connectivity index (χ1) is 9.31. The molecular formula is C13H19N5O. The summed E-state index contributed by atoms with van der Waals surface area (Å²) < 4.78 is 5.86. The maximum absolute atomic E-state index is 5.86. The van der Waals surface area contributed by atoms with Crippen LogP contribution in [0.3, 0.4) is 0 Å². The number of imidazole rings is 1. The Balaban J connectivity index is 1.56. The van der Waals surface area contributed by atoms with E-state index in [1.54, 1.807) is 6.07 Å². The van der Waals surface area contributed by atoms with Crippen molar-refractivity contribution in [2.45, 2.75) is 25.4 Å². The van der Waals surface area contributed by atoms with E-state index in [9.17, 15) is 0 Å². The average molecular weight is 261 g/mol. The number of nitrogens with two attached hydrogens (primary N) is 1. The molecule has 6 nitrogen and oxygen atoms in total. The minimum Gasteiger partial charge on any atom is -0.384 e. The van der Waals surface area contributed by atoms with E-state index < -0.39 is 0 Å². The number of hydrogen-bond donors (Lipinski definition) is 3. The van der Waals surface area contributed by atoms with Gasteiger partial charge >= 0.3 is 0 Å². The number of fused-ring (bicyclic) bond motifs is 1. The molecule has 19 heavy (non-hydrogen) atoms. The van der Waals surface area contributed by atoms with Gasteiger partial charge in [0.15, 0.2) is 5.65 Å². The molecule has 3 heterocycles. The van der Waals surface area contributed by atoms with Crippen LogP contribution in [0.15, 0.2) is 12.1 Å². The number of aromatic amines is 1. The van der Waals surface area contributed by atoms with Crippen molar-refractivity contribution in [3.8, 4) is 0 Å². The number of ether oxygens (including phenoxy) is 1. The Hall–Kier alpha value is -1.66. The van der Waals surface area contributed by atoms with Gasteiger partial charge in [-0.05, 0) is 38.1 Å². The minimum absolute atomic E-state index is 0.388. The molecule has 102 valence electrons. The number of nitrogen functional groups attached to an aromatic ring is 1. The summed E-state index contributed by atoms with van der Waals surface area (Å²) >= 11 is 0. The monoisotopic (exact) mass is 261 g/mol. The van der Waals surface area contributed by atoms with Crippen LogP contribution >= 0.6 is 0 Å². The third kappa shape index (κ3) is 3.02. The maximum Gasteiger partial charge on any atom is 0.179 e. The number of aromatic nitrogens is 3. The van der Waals surface area contributed by atoms with E-state index in [0.717, 1.165) is 43.7 Å².